The first kappa shape index (κ1) is 32.5. The Morgan fingerprint density at radius 2 is 1.30 bits per heavy atom. The van der Waals surface area contributed by atoms with Crippen molar-refractivity contribution in [2.24, 2.45) is 0 Å². The molecule has 1 amide bonds. The van der Waals surface area contributed by atoms with E-state index in [1.807, 2.05) is 60.7 Å². The average molecular weight is 654 g/mol. The van der Waals surface area contributed by atoms with E-state index in [2.05, 4.69) is 58.7 Å². The van der Waals surface area contributed by atoms with E-state index in [-0.39, 0.29) is 25.4 Å². The number of alkyl halides is 3. The molecular formula is C35H35Cl3N2O4. The number of nitrogens with zero attached hydrogens (tertiary/aromatic N) is 1. The van der Waals surface area contributed by atoms with Gasteiger partial charge in [0.2, 0.25) is 0 Å². The van der Waals surface area contributed by atoms with E-state index in [0.29, 0.717) is 13.0 Å². The van der Waals surface area contributed by atoms with Gasteiger partial charge >= 0.3 is 0 Å². The molecule has 44 heavy (non-hydrogen) atoms. The summed E-state index contributed by atoms with van der Waals surface area (Å²) in [6.45, 7) is 2.48. The molecule has 3 atom stereocenters. The zero-order valence-corrected chi connectivity index (χ0v) is 26.4. The SMILES string of the molecule is O=C(NCc1ccc([C@H]2O[C@@H](CN(Cc3ccccc3)Cc3ccccc3)C[C@@H](c3ccc(CO)cc3)O2)cc1)C(Cl)(Cl)Cl. The van der Waals surface area contributed by atoms with E-state index in [4.69, 9.17) is 44.3 Å². The van der Waals surface area contributed by atoms with Gasteiger partial charge in [0.05, 0.1) is 18.8 Å². The summed E-state index contributed by atoms with van der Waals surface area (Å²) in [5.41, 5.74) is 6.06. The van der Waals surface area contributed by atoms with Crippen LogP contribution in [0.3, 0.4) is 0 Å². The summed E-state index contributed by atoms with van der Waals surface area (Å²) >= 11 is 17.0. The fraction of sp³-hybridized carbons (Fsp3) is 0.286. The number of aliphatic hydroxyl groups is 1. The maximum atomic E-state index is 12.0. The van der Waals surface area contributed by atoms with Crippen molar-refractivity contribution in [2.45, 2.75) is 55.0 Å². The lowest BCUT2D eigenvalue weighted by molar-refractivity contribution is -0.253. The van der Waals surface area contributed by atoms with Gasteiger partial charge in [-0.25, -0.2) is 0 Å². The largest absolute Gasteiger partial charge is 0.392 e. The monoisotopic (exact) mass is 652 g/mol. The van der Waals surface area contributed by atoms with Crippen LogP contribution in [0.4, 0.5) is 0 Å². The summed E-state index contributed by atoms with van der Waals surface area (Å²) in [7, 11) is 0. The van der Waals surface area contributed by atoms with Gasteiger partial charge in [-0.1, -0.05) is 144 Å². The highest BCUT2D eigenvalue weighted by atomic mass is 35.6. The van der Waals surface area contributed by atoms with Crippen molar-refractivity contribution >= 4 is 40.7 Å². The molecule has 0 radical (unpaired) electrons. The molecule has 1 fully saturated rings. The number of ether oxygens (including phenoxy) is 2. The molecule has 230 valence electrons. The highest BCUT2D eigenvalue weighted by Gasteiger charge is 2.33. The number of carbonyl (C=O) groups excluding carboxylic acids is 1. The van der Waals surface area contributed by atoms with Crippen molar-refractivity contribution in [3.8, 4) is 0 Å². The molecule has 4 aromatic rings. The molecule has 2 N–H and O–H groups in total. The van der Waals surface area contributed by atoms with Crippen LogP contribution in [-0.2, 0) is 40.5 Å². The van der Waals surface area contributed by atoms with Gasteiger partial charge in [-0.3, -0.25) is 9.69 Å². The van der Waals surface area contributed by atoms with Crippen LogP contribution in [0.1, 0.15) is 52.2 Å². The third-order valence-corrected chi connectivity index (χ3v) is 8.05. The Morgan fingerprint density at radius 1 is 0.750 bits per heavy atom. The van der Waals surface area contributed by atoms with Crippen LogP contribution in [0.25, 0.3) is 0 Å². The van der Waals surface area contributed by atoms with Gasteiger partial charge in [-0.05, 0) is 27.8 Å². The molecule has 1 heterocycles. The number of nitrogens with one attached hydrogen (secondary N) is 1. The summed E-state index contributed by atoms with van der Waals surface area (Å²) in [5, 5.41) is 12.2. The molecule has 0 aromatic heterocycles. The molecular weight excluding hydrogens is 619 g/mol. The number of carbonyl (C=O) groups is 1. The number of halogens is 3. The van der Waals surface area contributed by atoms with E-state index in [1.54, 1.807) is 0 Å². The van der Waals surface area contributed by atoms with Crippen molar-refractivity contribution in [1.29, 1.82) is 0 Å². The van der Waals surface area contributed by atoms with Crippen molar-refractivity contribution in [3.63, 3.8) is 0 Å². The highest BCUT2D eigenvalue weighted by Crippen LogP contribution is 2.38. The first-order valence-corrected chi connectivity index (χ1v) is 15.6. The highest BCUT2D eigenvalue weighted by molar-refractivity contribution is 6.76. The van der Waals surface area contributed by atoms with Crippen LogP contribution >= 0.6 is 34.8 Å². The summed E-state index contributed by atoms with van der Waals surface area (Å²) in [4.78, 5) is 14.4. The van der Waals surface area contributed by atoms with Gasteiger partial charge in [0.15, 0.2) is 6.29 Å². The number of amides is 1. The number of aliphatic hydroxyl groups excluding tert-OH is 1. The van der Waals surface area contributed by atoms with Crippen molar-refractivity contribution in [3.05, 3.63) is 143 Å². The minimum absolute atomic E-state index is 0.0113. The Hall–Kier alpha value is -2.94. The number of benzene rings is 4. The molecule has 0 bridgehead atoms. The lowest BCUT2D eigenvalue weighted by Gasteiger charge is -2.38. The lowest BCUT2D eigenvalue weighted by Crippen LogP contribution is -2.39. The summed E-state index contributed by atoms with van der Waals surface area (Å²) in [5.74, 6) is -0.681. The topological polar surface area (TPSA) is 71.0 Å². The zero-order valence-electron chi connectivity index (χ0n) is 24.1. The number of rotatable bonds is 11. The first-order valence-electron chi connectivity index (χ1n) is 14.5. The van der Waals surface area contributed by atoms with E-state index < -0.39 is 16.0 Å². The Balaban J connectivity index is 1.36. The minimum atomic E-state index is -2.02. The average Bonchev–Trinajstić information content (AvgIpc) is 3.04. The number of hydrogen-bond acceptors (Lipinski definition) is 5. The normalized spacial score (nSPS) is 18.7. The molecule has 1 saturated heterocycles. The molecule has 0 aliphatic carbocycles. The van der Waals surface area contributed by atoms with Gasteiger partial charge in [-0.2, -0.15) is 0 Å². The van der Waals surface area contributed by atoms with Crippen molar-refractivity contribution in [1.82, 2.24) is 10.2 Å². The molecule has 9 heteroatoms. The zero-order chi connectivity index (χ0) is 30.9. The molecule has 0 unspecified atom stereocenters. The van der Waals surface area contributed by atoms with E-state index in [0.717, 1.165) is 35.3 Å². The standard InChI is InChI=1S/C35H35Cl3N2O4/c36-35(37,38)34(42)39-20-25-11-17-30(18-12-25)33-43-31(19-32(44-33)29-15-13-28(24-41)14-16-29)23-40(21-26-7-3-1-4-8-26)22-27-9-5-2-6-10-27/h1-18,31-33,41H,19-24H2,(H,39,42)/t31-,32+,33+/m1/s1. The molecule has 1 aliphatic rings. The van der Waals surface area contributed by atoms with E-state index in [9.17, 15) is 9.90 Å². The lowest BCUT2D eigenvalue weighted by atomic mass is 9.99. The van der Waals surface area contributed by atoms with Crippen LogP contribution in [-0.4, -0.2) is 32.4 Å². The maximum Gasteiger partial charge on any atom is 0.272 e. The van der Waals surface area contributed by atoms with Crippen molar-refractivity contribution in [2.75, 3.05) is 6.54 Å². The number of hydrogen-bond donors (Lipinski definition) is 2. The summed E-state index contributed by atoms with van der Waals surface area (Å²) in [6, 6.07) is 36.4. The quantitative estimate of drug-likeness (QED) is 0.165. The van der Waals surface area contributed by atoms with Gasteiger partial charge in [0.25, 0.3) is 9.70 Å². The van der Waals surface area contributed by atoms with E-state index in [1.165, 1.54) is 11.1 Å². The van der Waals surface area contributed by atoms with Crippen LogP contribution < -0.4 is 5.32 Å². The Morgan fingerprint density at radius 3 is 1.84 bits per heavy atom. The predicted molar refractivity (Wildman–Crippen MR) is 174 cm³/mol. The molecule has 4 aromatic carbocycles. The van der Waals surface area contributed by atoms with Crippen molar-refractivity contribution < 1.29 is 19.4 Å². The van der Waals surface area contributed by atoms with Crippen LogP contribution in [0.15, 0.2) is 109 Å². The first-order chi connectivity index (χ1) is 21.3. The Kier molecular flexibility index (Phi) is 11.3. The third kappa shape index (κ3) is 9.29. The van der Waals surface area contributed by atoms with Gasteiger partial charge in [0, 0.05) is 38.2 Å². The second kappa shape index (κ2) is 15.4. The second-order valence-electron chi connectivity index (χ2n) is 10.9. The van der Waals surface area contributed by atoms with Gasteiger partial charge < -0.3 is 19.9 Å². The third-order valence-electron chi connectivity index (χ3n) is 7.54. The van der Waals surface area contributed by atoms with E-state index >= 15 is 0 Å². The molecule has 0 spiro atoms. The Labute approximate surface area is 273 Å². The molecule has 6 nitrogen and oxygen atoms in total. The van der Waals surface area contributed by atoms with Gasteiger partial charge in [-0.15, -0.1) is 0 Å². The van der Waals surface area contributed by atoms with Crippen LogP contribution in [0, 0.1) is 0 Å². The van der Waals surface area contributed by atoms with Crippen LogP contribution in [0.5, 0.6) is 0 Å². The minimum Gasteiger partial charge on any atom is -0.392 e. The smallest absolute Gasteiger partial charge is 0.272 e. The fourth-order valence-corrected chi connectivity index (χ4v) is 5.46. The van der Waals surface area contributed by atoms with Gasteiger partial charge in [0.1, 0.15) is 0 Å². The predicted octanol–water partition coefficient (Wildman–Crippen LogP) is 7.41. The van der Waals surface area contributed by atoms with Crippen LogP contribution in [0.2, 0.25) is 0 Å². The molecule has 5 rings (SSSR count). The summed E-state index contributed by atoms with van der Waals surface area (Å²) < 4.78 is 11.2. The Bertz CT molecular complexity index is 1420. The molecule has 1 aliphatic heterocycles. The molecule has 0 saturated carbocycles. The second-order valence-corrected chi connectivity index (χ2v) is 13.2. The fourth-order valence-electron chi connectivity index (χ4n) is 5.26. The maximum absolute atomic E-state index is 12.0. The summed E-state index contributed by atoms with van der Waals surface area (Å²) in [6.07, 6.45) is -0.246.